The molecule has 1 atom stereocenters. The summed E-state index contributed by atoms with van der Waals surface area (Å²) < 4.78 is 10.7. The zero-order chi connectivity index (χ0) is 18.6. The Labute approximate surface area is 158 Å². The lowest BCUT2D eigenvalue weighted by atomic mass is 10.0. The summed E-state index contributed by atoms with van der Waals surface area (Å²) >= 11 is 0. The first kappa shape index (κ1) is 19.0. The average molecular weight is 371 g/mol. The molecule has 0 bridgehead atoms. The molecule has 2 aromatic rings. The monoisotopic (exact) mass is 370 g/mol. The van der Waals surface area contributed by atoms with E-state index in [4.69, 9.17) is 9.47 Å². The van der Waals surface area contributed by atoms with Gasteiger partial charge in [-0.25, -0.2) is 0 Å². The topological polar surface area (TPSA) is 38.7 Å². The van der Waals surface area contributed by atoms with Crippen LogP contribution in [0, 0.1) is 5.92 Å². The molecule has 0 amide bonds. The molecule has 1 fully saturated rings. The zero-order valence-electron chi connectivity index (χ0n) is 16.1. The third-order valence-corrected chi connectivity index (χ3v) is 10.5. The zero-order valence-corrected chi connectivity index (χ0v) is 17.1. The van der Waals surface area contributed by atoms with Gasteiger partial charge in [0.15, 0.2) is 0 Å². The van der Waals surface area contributed by atoms with Crippen molar-refractivity contribution in [1.82, 2.24) is 0 Å². The minimum absolute atomic E-state index is 0.224. The molecule has 0 heterocycles. The number of rotatable bonds is 7. The molecule has 1 N–H and O–H groups in total. The van der Waals surface area contributed by atoms with E-state index >= 15 is 0 Å². The van der Waals surface area contributed by atoms with Gasteiger partial charge in [0.1, 0.15) is 19.6 Å². The second-order valence-electron chi connectivity index (χ2n) is 7.61. The first-order valence-electron chi connectivity index (χ1n) is 9.54. The molecule has 1 aliphatic carbocycles. The fourth-order valence-corrected chi connectivity index (χ4v) is 8.03. The number of aliphatic hydroxyl groups is 1. The van der Waals surface area contributed by atoms with Crippen LogP contribution in [0.2, 0.25) is 12.6 Å². The molecular weight excluding hydrogens is 340 g/mol. The Balaban J connectivity index is 1.95. The van der Waals surface area contributed by atoms with E-state index in [-0.39, 0.29) is 6.10 Å². The van der Waals surface area contributed by atoms with E-state index in [1.54, 1.807) is 14.2 Å². The Hall–Kier alpha value is -1.78. The van der Waals surface area contributed by atoms with Gasteiger partial charge >= 0.3 is 0 Å². The van der Waals surface area contributed by atoms with Crippen molar-refractivity contribution in [3.8, 4) is 11.5 Å². The lowest BCUT2D eigenvalue weighted by molar-refractivity contribution is 0.128. The number of hydrogen-bond donors (Lipinski definition) is 1. The smallest absolute Gasteiger partial charge is 0.118 e. The third kappa shape index (κ3) is 3.97. The predicted molar refractivity (Wildman–Crippen MR) is 110 cm³/mol. The molecule has 0 saturated heterocycles. The van der Waals surface area contributed by atoms with Gasteiger partial charge in [0, 0.05) is 0 Å². The van der Waals surface area contributed by atoms with Gasteiger partial charge in [-0.15, -0.1) is 0 Å². The molecule has 0 radical (unpaired) electrons. The lowest BCUT2D eigenvalue weighted by Gasteiger charge is -2.33. The van der Waals surface area contributed by atoms with E-state index < -0.39 is 8.07 Å². The fraction of sp³-hybridized carbons (Fsp3) is 0.455. The molecule has 3 nitrogen and oxygen atoms in total. The molecule has 3 rings (SSSR count). The van der Waals surface area contributed by atoms with Crippen molar-refractivity contribution in [3.05, 3.63) is 48.5 Å². The number of aliphatic hydroxyl groups excluding tert-OH is 1. The van der Waals surface area contributed by atoms with Crippen LogP contribution in [0.3, 0.4) is 0 Å². The van der Waals surface area contributed by atoms with Crippen LogP contribution in [0.4, 0.5) is 0 Å². The summed E-state index contributed by atoms with van der Waals surface area (Å²) in [6.45, 7) is 2.37. The van der Waals surface area contributed by atoms with Gasteiger partial charge in [-0.1, -0.05) is 54.0 Å². The Morgan fingerprint density at radius 1 is 0.885 bits per heavy atom. The van der Waals surface area contributed by atoms with E-state index in [9.17, 15) is 5.11 Å². The largest absolute Gasteiger partial charge is 0.497 e. The molecular formula is C22H30O3Si. The molecule has 0 spiro atoms. The highest BCUT2D eigenvalue weighted by molar-refractivity contribution is 7.01. The van der Waals surface area contributed by atoms with E-state index in [0.717, 1.165) is 30.4 Å². The summed E-state index contributed by atoms with van der Waals surface area (Å²) in [7, 11) is 1.32. The molecule has 0 aliphatic heterocycles. The van der Waals surface area contributed by atoms with Crippen molar-refractivity contribution in [2.24, 2.45) is 5.92 Å². The van der Waals surface area contributed by atoms with Gasteiger partial charge < -0.3 is 14.6 Å². The summed E-state index contributed by atoms with van der Waals surface area (Å²) in [4.78, 5) is 0. The van der Waals surface area contributed by atoms with Crippen LogP contribution in [0.1, 0.15) is 25.7 Å². The molecule has 140 valence electrons. The highest BCUT2D eigenvalue weighted by Crippen LogP contribution is 2.31. The van der Waals surface area contributed by atoms with Crippen molar-refractivity contribution in [1.29, 1.82) is 0 Å². The van der Waals surface area contributed by atoms with E-state index in [0.29, 0.717) is 5.92 Å². The molecule has 4 heteroatoms. The van der Waals surface area contributed by atoms with Crippen molar-refractivity contribution in [3.63, 3.8) is 0 Å². The molecule has 1 saturated carbocycles. The Morgan fingerprint density at radius 3 is 1.69 bits per heavy atom. The third-order valence-electron chi connectivity index (χ3n) is 6.02. The first-order chi connectivity index (χ1) is 12.6. The number of methoxy groups -OCH3 is 2. The highest BCUT2D eigenvalue weighted by atomic mass is 28.3. The maximum Gasteiger partial charge on any atom is 0.118 e. The average Bonchev–Trinajstić information content (AvgIpc) is 3.23. The van der Waals surface area contributed by atoms with Gasteiger partial charge in [-0.2, -0.15) is 0 Å². The summed E-state index contributed by atoms with van der Waals surface area (Å²) in [6, 6.07) is 17.7. The van der Waals surface area contributed by atoms with Crippen molar-refractivity contribution in [2.45, 2.75) is 44.4 Å². The van der Waals surface area contributed by atoms with Gasteiger partial charge in [0.2, 0.25) is 0 Å². The van der Waals surface area contributed by atoms with Crippen LogP contribution in [0.25, 0.3) is 0 Å². The van der Waals surface area contributed by atoms with Crippen LogP contribution in [-0.4, -0.2) is 33.5 Å². The summed E-state index contributed by atoms with van der Waals surface area (Å²) in [6.07, 6.45) is 4.61. The second kappa shape index (κ2) is 8.27. The number of ether oxygens (including phenoxy) is 2. The van der Waals surface area contributed by atoms with Crippen molar-refractivity contribution < 1.29 is 14.6 Å². The van der Waals surface area contributed by atoms with Crippen LogP contribution < -0.4 is 19.8 Å². The molecule has 2 aromatic carbocycles. The summed E-state index contributed by atoms with van der Waals surface area (Å²) in [5, 5.41) is 13.7. The number of hydrogen-bond acceptors (Lipinski definition) is 3. The molecule has 1 aliphatic rings. The van der Waals surface area contributed by atoms with Crippen LogP contribution in [-0.2, 0) is 0 Å². The first-order valence-corrected chi connectivity index (χ1v) is 12.2. The van der Waals surface area contributed by atoms with Crippen LogP contribution >= 0.6 is 0 Å². The Kier molecular flexibility index (Phi) is 6.04. The van der Waals surface area contributed by atoms with Gasteiger partial charge in [0.05, 0.1) is 20.3 Å². The summed E-state index contributed by atoms with van der Waals surface area (Å²) in [5.74, 6) is 2.20. The lowest BCUT2D eigenvalue weighted by Crippen LogP contribution is -2.57. The second-order valence-corrected chi connectivity index (χ2v) is 11.8. The normalized spacial score (nSPS) is 16.5. The highest BCUT2D eigenvalue weighted by Gasteiger charge is 2.37. The SMILES string of the molecule is COc1ccc([Si](C)(C[C@@H](O)C2CCCC2)c2ccc(OC)cc2)cc1. The maximum absolute atomic E-state index is 11.0. The Bertz CT molecular complexity index is 643. The molecule has 26 heavy (non-hydrogen) atoms. The minimum Gasteiger partial charge on any atom is -0.497 e. The van der Waals surface area contributed by atoms with Gasteiger partial charge in [0.25, 0.3) is 0 Å². The fourth-order valence-electron chi connectivity index (χ4n) is 4.25. The van der Waals surface area contributed by atoms with E-state index in [2.05, 4.69) is 30.8 Å². The van der Waals surface area contributed by atoms with Crippen LogP contribution in [0.5, 0.6) is 11.5 Å². The molecule has 0 aromatic heterocycles. The number of benzene rings is 2. The van der Waals surface area contributed by atoms with Gasteiger partial charge in [-0.05, 0) is 49.1 Å². The van der Waals surface area contributed by atoms with Crippen LogP contribution in [0.15, 0.2) is 48.5 Å². The van der Waals surface area contributed by atoms with Crippen molar-refractivity contribution in [2.75, 3.05) is 14.2 Å². The van der Waals surface area contributed by atoms with Crippen molar-refractivity contribution >= 4 is 18.4 Å². The molecule has 0 unspecified atom stereocenters. The van der Waals surface area contributed by atoms with E-state index in [1.807, 2.05) is 24.3 Å². The van der Waals surface area contributed by atoms with Gasteiger partial charge in [-0.3, -0.25) is 0 Å². The quantitative estimate of drug-likeness (QED) is 0.759. The maximum atomic E-state index is 11.0. The Morgan fingerprint density at radius 2 is 1.31 bits per heavy atom. The minimum atomic E-state index is -2.06. The van der Waals surface area contributed by atoms with E-state index in [1.165, 1.54) is 23.2 Å². The summed E-state index contributed by atoms with van der Waals surface area (Å²) in [5.41, 5.74) is 0. The standard InChI is InChI=1S/C22H30O3Si/c1-24-18-8-12-20(13-9-18)26(3,16-22(23)17-6-4-5-7-17)21-14-10-19(25-2)11-15-21/h8-15,17,22-23H,4-7,16H2,1-3H3/t22-/m1/s1. The predicted octanol–water partition coefficient (Wildman–Crippen LogP) is 3.45.